The molecule has 0 bridgehead atoms. The van der Waals surface area contributed by atoms with E-state index in [-0.39, 0.29) is 0 Å². The molecule has 5 nitrogen and oxygen atoms in total. The van der Waals surface area contributed by atoms with E-state index in [4.69, 9.17) is 24.2 Å². The molecule has 0 saturated carbocycles. The van der Waals surface area contributed by atoms with Crippen LogP contribution in [-0.4, -0.2) is 21.3 Å². The van der Waals surface area contributed by atoms with E-state index in [9.17, 15) is 0 Å². The summed E-state index contributed by atoms with van der Waals surface area (Å²) in [4.78, 5) is 0. The molecule has 0 aliphatic heterocycles. The number of hydrogen-bond donors (Lipinski definition) is 0. The fourth-order valence-electron chi connectivity index (χ4n) is 1.88. The number of methoxy groups -OCH3 is 3. The third kappa shape index (κ3) is 3.18. The molecule has 108 valence electrons. The van der Waals surface area contributed by atoms with E-state index in [1.54, 1.807) is 36.4 Å². The van der Waals surface area contributed by atoms with Crippen molar-refractivity contribution in [3.05, 3.63) is 42.0 Å². The minimum atomic E-state index is 0.498. The molecule has 2 rings (SSSR count). The van der Waals surface area contributed by atoms with Gasteiger partial charge in [-0.25, -0.2) is 0 Å². The molecule has 0 saturated heterocycles. The summed E-state index contributed by atoms with van der Waals surface area (Å²) < 4.78 is 21.5. The van der Waals surface area contributed by atoms with Gasteiger partial charge in [-0.05, 0) is 18.2 Å². The van der Waals surface area contributed by atoms with Gasteiger partial charge in [-0.3, -0.25) is 0 Å². The predicted molar refractivity (Wildman–Crippen MR) is 77.3 cm³/mol. The van der Waals surface area contributed by atoms with Crippen LogP contribution in [0.2, 0.25) is 0 Å². The lowest BCUT2D eigenvalue weighted by Gasteiger charge is -2.14. The lowest BCUT2D eigenvalue weighted by Crippen LogP contribution is -1.96. The van der Waals surface area contributed by atoms with Crippen molar-refractivity contribution < 1.29 is 18.9 Å². The molecular formula is C16H15NO4. The molecule has 0 aliphatic carbocycles. The number of hydrogen-bond acceptors (Lipinski definition) is 5. The van der Waals surface area contributed by atoms with Crippen LogP contribution in [0.1, 0.15) is 5.56 Å². The van der Waals surface area contributed by atoms with E-state index in [1.807, 2.05) is 0 Å². The van der Waals surface area contributed by atoms with Crippen molar-refractivity contribution >= 4 is 0 Å². The zero-order chi connectivity index (χ0) is 15.2. The second kappa shape index (κ2) is 6.53. The van der Waals surface area contributed by atoms with E-state index in [0.29, 0.717) is 34.3 Å². The first-order valence-electron chi connectivity index (χ1n) is 6.20. The summed E-state index contributed by atoms with van der Waals surface area (Å²) >= 11 is 0. The Kier molecular flexibility index (Phi) is 4.52. The summed E-state index contributed by atoms with van der Waals surface area (Å²) in [7, 11) is 4.62. The largest absolute Gasteiger partial charge is 0.493 e. The van der Waals surface area contributed by atoms with Crippen LogP contribution in [-0.2, 0) is 0 Å². The number of ether oxygens (including phenoxy) is 4. The van der Waals surface area contributed by atoms with Crippen molar-refractivity contribution in [2.75, 3.05) is 21.3 Å². The van der Waals surface area contributed by atoms with Gasteiger partial charge in [0.15, 0.2) is 11.5 Å². The van der Waals surface area contributed by atoms with Gasteiger partial charge in [-0.15, -0.1) is 0 Å². The van der Waals surface area contributed by atoms with Crippen LogP contribution < -0.4 is 18.9 Å². The molecule has 21 heavy (non-hydrogen) atoms. The highest BCUT2D eigenvalue weighted by Crippen LogP contribution is 2.41. The van der Waals surface area contributed by atoms with Gasteiger partial charge in [0.25, 0.3) is 0 Å². The average Bonchev–Trinajstić information content (AvgIpc) is 2.53. The van der Waals surface area contributed by atoms with Gasteiger partial charge < -0.3 is 18.9 Å². The summed E-state index contributed by atoms with van der Waals surface area (Å²) in [5.74, 6) is 2.59. The van der Waals surface area contributed by atoms with Crippen molar-refractivity contribution in [3.63, 3.8) is 0 Å². The van der Waals surface area contributed by atoms with Crippen LogP contribution >= 0.6 is 0 Å². The Morgan fingerprint density at radius 1 is 0.857 bits per heavy atom. The standard InChI is InChI=1S/C16H15NO4/c1-18-14-8-13(9-15(19-2)16(14)20-3)21-12-6-4-5-11(7-12)10-17/h4-9H,1-3H3. The number of nitriles is 1. The first-order chi connectivity index (χ1) is 10.2. The molecule has 0 atom stereocenters. The van der Waals surface area contributed by atoms with Gasteiger partial charge in [0, 0.05) is 12.1 Å². The molecule has 0 spiro atoms. The van der Waals surface area contributed by atoms with Crippen molar-refractivity contribution in [3.8, 4) is 34.8 Å². The van der Waals surface area contributed by atoms with Crippen LogP contribution in [0.3, 0.4) is 0 Å². The molecule has 0 radical (unpaired) electrons. The predicted octanol–water partition coefficient (Wildman–Crippen LogP) is 3.38. The zero-order valence-electron chi connectivity index (χ0n) is 12.0. The normalized spacial score (nSPS) is 9.62. The van der Waals surface area contributed by atoms with E-state index < -0.39 is 0 Å². The Bertz CT molecular complexity index is 651. The van der Waals surface area contributed by atoms with Crippen molar-refractivity contribution in [2.24, 2.45) is 0 Å². The molecule has 0 unspecified atom stereocenters. The molecule has 5 heteroatoms. The van der Waals surface area contributed by atoms with Gasteiger partial charge >= 0.3 is 0 Å². The van der Waals surface area contributed by atoms with Crippen molar-refractivity contribution in [1.82, 2.24) is 0 Å². The summed E-state index contributed by atoms with van der Waals surface area (Å²) in [6.45, 7) is 0. The van der Waals surface area contributed by atoms with Gasteiger partial charge in [-0.2, -0.15) is 5.26 Å². The lowest BCUT2D eigenvalue weighted by molar-refractivity contribution is 0.321. The zero-order valence-corrected chi connectivity index (χ0v) is 12.0. The second-order valence-corrected chi connectivity index (χ2v) is 4.10. The Hall–Kier alpha value is -2.87. The van der Waals surface area contributed by atoms with Crippen LogP contribution in [0.5, 0.6) is 28.7 Å². The molecule has 0 fully saturated rings. The maximum Gasteiger partial charge on any atom is 0.203 e. The topological polar surface area (TPSA) is 60.7 Å². The smallest absolute Gasteiger partial charge is 0.203 e. The third-order valence-corrected chi connectivity index (χ3v) is 2.84. The number of benzene rings is 2. The molecular weight excluding hydrogens is 270 g/mol. The summed E-state index contributed by atoms with van der Waals surface area (Å²) in [6, 6.07) is 12.3. The highest BCUT2D eigenvalue weighted by atomic mass is 16.5. The Balaban J connectivity index is 2.38. The van der Waals surface area contributed by atoms with Crippen LogP contribution in [0.15, 0.2) is 36.4 Å². The quantitative estimate of drug-likeness (QED) is 0.842. The minimum absolute atomic E-state index is 0.498. The fourth-order valence-corrected chi connectivity index (χ4v) is 1.88. The van der Waals surface area contributed by atoms with Gasteiger partial charge in [-0.1, -0.05) is 6.07 Å². The number of nitrogens with zero attached hydrogens (tertiary/aromatic N) is 1. The van der Waals surface area contributed by atoms with E-state index in [2.05, 4.69) is 6.07 Å². The molecule has 0 amide bonds. The maximum atomic E-state index is 8.90. The highest BCUT2D eigenvalue weighted by Gasteiger charge is 2.14. The lowest BCUT2D eigenvalue weighted by atomic mass is 10.2. The monoisotopic (exact) mass is 285 g/mol. The molecule has 2 aromatic carbocycles. The number of rotatable bonds is 5. The van der Waals surface area contributed by atoms with Gasteiger partial charge in [0.05, 0.1) is 33.0 Å². The fraction of sp³-hybridized carbons (Fsp3) is 0.188. The summed E-state index contributed by atoms with van der Waals surface area (Å²) in [6.07, 6.45) is 0. The maximum absolute atomic E-state index is 8.90. The van der Waals surface area contributed by atoms with Crippen molar-refractivity contribution in [2.45, 2.75) is 0 Å². The average molecular weight is 285 g/mol. The van der Waals surface area contributed by atoms with Crippen LogP contribution in [0, 0.1) is 11.3 Å². The Morgan fingerprint density at radius 2 is 1.52 bits per heavy atom. The van der Waals surface area contributed by atoms with E-state index in [0.717, 1.165) is 0 Å². The molecule has 2 aromatic rings. The van der Waals surface area contributed by atoms with E-state index in [1.165, 1.54) is 21.3 Å². The minimum Gasteiger partial charge on any atom is -0.493 e. The molecule has 0 aromatic heterocycles. The van der Waals surface area contributed by atoms with Gasteiger partial charge in [0.1, 0.15) is 11.5 Å². The SMILES string of the molecule is COc1cc(Oc2cccc(C#N)c2)cc(OC)c1OC. The highest BCUT2D eigenvalue weighted by molar-refractivity contribution is 5.56. The van der Waals surface area contributed by atoms with Crippen molar-refractivity contribution in [1.29, 1.82) is 5.26 Å². The van der Waals surface area contributed by atoms with Crippen LogP contribution in [0.25, 0.3) is 0 Å². The first kappa shape index (κ1) is 14.5. The Morgan fingerprint density at radius 3 is 2.05 bits per heavy atom. The molecule has 0 aliphatic rings. The molecule has 0 heterocycles. The summed E-state index contributed by atoms with van der Waals surface area (Å²) in [5.41, 5.74) is 0.528. The third-order valence-electron chi connectivity index (χ3n) is 2.84. The Labute approximate surface area is 123 Å². The van der Waals surface area contributed by atoms with E-state index >= 15 is 0 Å². The molecule has 0 N–H and O–H groups in total. The summed E-state index contributed by atoms with van der Waals surface area (Å²) in [5, 5.41) is 8.90. The van der Waals surface area contributed by atoms with Gasteiger partial charge in [0.2, 0.25) is 5.75 Å². The second-order valence-electron chi connectivity index (χ2n) is 4.10. The van der Waals surface area contributed by atoms with Crippen LogP contribution in [0.4, 0.5) is 0 Å². The first-order valence-corrected chi connectivity index (χ1v) is 6.20.